The molecule has 0 spiro atoms. The van der Waals surface area contributed by atoms with Crippen molar-refractivity contribution in [3.8, 4) is 0 Å². The number of hydrogen-bond acceptors (Lipinski definition) is 3. The fourth-order valence-electron chi connectivity index (χ4n) is 0.667. The SMILES string of the molecule is N[N]S(=O)(=O)c1ccc(Br)cc1. The number of nitrogens with zero attached hydrogens (tertiary/aromatic N) is 1. The Bertz CT molecular complexity index is 360. The van der Waals surface area contributed by atoms with Crippen LogP contribution in [0.2, 0.25) is 0 Å². The van der Waals surface area contributed by atoms with Gasteiger partial charge in [-0.2, -0.15) is 0 Å². The summed E-state index contributed by atoms with van der Waals surface area (Å²) in [5.41, 5.74) is 0. The van der Waals surface area contributed by atoms with E-state index in [1.165, 1.54) is 12.1 Å². The minimum atomic E-state index is -3.63. The molecule has 0 aliphatic carbocycles. The van der Waals surface area contributed by atoms with Crippen molar-refractivity contribution in [3.63, 3.8) is 0 Å². The zero-order valence-electron chi connectivity index (χ0n) is 5.94. The molecule has 0 aromatic heterocycles. The fourth-order valence-corrected chi connectivity index (χ4v) is 1.53. The Kier molecular flexibility index (Phi) is 2.84. The van der Waals surface area contributed by atoms with E-state index in [4.69, 9.17) is 5.84 Å². The maximum atomic E-state index is 11.0. The predicted molar refractivity (Wildman–Crippen MR) is 47.6 cm³/mol. The Morgan fingerprint density at radius 3 is 2.17 bits per heavy atom. The van der Waals surface area contributed by atoms with Gasteiger partial charge in [-0.15, -0.1) is 0 Å². The molecule has 2 N–H and O–H groups in total. The van der Waals surface area contributed by atoms with Gasteiger partial charge in [-0.1, -0.05) is 15.9 Å². The summed E-state index contributed by atoms with van der Waals surface area (Å²) in [4.78, 5) is 2.87. The highest BCUT2D eigenvalue weighted by Crippen LogP contribution is 2.13. The van der Waals surface area contributed by atoms with Crippen LogP contribution in [-0.2, 0) is 10.0 Å². The molecule has 1 aromatic carbocycles. The van der Waals surface area contributed by atoms with Crippen molar-refractivity contribution >= 4 is 26.0 Å². The molecule has 1 rings (SSSR count). The highest BCUT2D eigenvalue weighted by atomic mass is 79.9. The number of halogens is 1. The van der Waals surface area contributed by atoms with Gasteiger partial charge < -0.3 is 0 Å². The molecular weight excluding hydrogens is 244 g/mol. The van der Waals surface area contributed by atoms with E-state index in [2.05, 4.69) is 20.8 Å². The van der Waals surface area contributed by atoms with E-state index in [0.717, 1.165) is 4.47 Å². The zero-order chi connectivity index (χ0) is 9.19. The van der Waals surface area contributed by atoms with Gasteiger partial charge in [-0.25, -0.2) is 14.3 Å². The summed E-state index contributed by atoms with van der Waals surface area (Å²) in [6.45, 7) is 0. The second-order valence-electron chi connectivity index (χ2n) is 2.03. The van der Waals surface area contributed by atoms with Crippen molar-refractivity contribution in [2.75, 3.05) is 0 Å². The number of hydrogen-bond donors (Lipinski definition) is 1. The molecule has 0 aliphatic heterocycles. The molecule has 0 saturated carbocycles. The van der Waals surface area contributed by atoms with E-state index in [1.807, 2.05) is 0 Å². The van der Waals surface area contributed by atoms with Crippen molar-refractivity contribution in [1.82, 2.24) is 4.83 Å². The molecule has 1 radical (unpaired) electrons. The first-order chi connectivity index (χ1) is 5.56. The smallest absolute Gasteiger partial charge is 0.238 e. The number of benzene rings is 1. The summed E-state index contributed by atoms with van der Waals surface area (Å²) >= 11 is 3.18. The fraction of sp³-hybridized carbons (Fsp3) is 0. The third-order valence-electron chi connectivity index (χ3n) is 1.25. The predicted octanol–water partition coefficient (Wildman–Crippen LogP) is 0.616. The highest BCUT2D eigenvalue weighted by Gasteiger charge is 2.11. The van der Waals surface area contributed by atoms with Crippen LogP contribution < -0.4 is 10.7 Å². The summed E-state index contributed by atoms with van der Waals surface area (Å²) in [5.74, 6) is 4.70. The van der Waals surface area contributed by atoms with Crippen molar-refractivity contribution in [1.29, 1.82) is 0 Å². The van der Waals surface area contributed by atoms with Crippen LogP contribution in [0.25, 0.3) is 0 Å². The molecular formula is C6H6BrN2O2S. The number of nitrogens with two attached hydrogens (primary N) is 1. The molecule has 0 unspecified atom stereocenters. The summed E-state index contributed by atoms with van der Waals surface area (Å²) in [7, 11) is -3.63. The molecule has 0 fully saturated rings. The van der Waals surface area contributed by atoms with Crippen LogP contribution >= 0.6 is 15.9 Å². The van der Waals surface area contributed by atoms with Crippen molar-refractivity contribution in [2.24, 2.45) is 5.84 Å². The Morgan fingerprint density at radius 1 is 1.25 bits per heavy atom. The lowest BCUT2D eigenvalue weighted by atomic mass is 10.4. The van der Waals surface area contributed by atoms with E-state index < -0.39 is 10.0 Å². The van der Waals surface area contributed by atoms with E-state index in [9.17, 15) is 8.42 Å². The monoisotopic (exact) mass is 249 g/mol. The maximum absolute atomic E-state index is 11.0. The van der Waals surface area contributed by atoms with Crippen molar-refractivity contribution in [2.45, 2.75) is 4.90 Å². The van der Waals surface area contributed by atoms with Crippen LogP contribution in [0, 0.1) is 0 Å². The normalized spacial score (nSPS) is 11.5. The minimum Gasteiger partial charge on any atom is -0.238 e. The molecule has 0 aliphatic rings. The van der Waals surface area contributed by atoms with Gasteiger partial charge in [0, 0.05) is 4.47 Å². The number of sulfonamides is 1. The second-order valence-corrected chi connectivity index (χ2v) is 4.58. The van der Waals surface area contributed by atoms with Gasteiger partial charge in [0.1, 0.15) is 0 Å². The van der Waals surface area contributed by atoms with Crippen LogP contribution in [0.15, 0.2) is 33.6 Å². The Hall–Kier alpha value is -0.430. The number of rotatable bonds is 2. The molecule has 0 amide bonds. The minimum absolute atomic E-state index is 0.0909. The molecule has 6 heteroatoms. The van der Waals surface area contributed by atoms with Gasteiger partial charge in [0.15, 0.2) is 0 Å². The summed E-state index contributed by atoms with van der Waals surface area (Å²) in [6, 6.07) is 6.07. The molecule has 0 bridgehead atoms. The van der Waals surface area contributed by atoms with Crippen LogP contribution in [0.5, 0.6) is 0 Å². The van der Waals surface area contributed by atoms with Gasteiger partial charge >= 0.3 is 0 Å². The Labute approximate surface area is 78.9 Å². The first-order valence-electron chi connectivity index (χ1n) is 2.99. The lowest BCUT2D eigenvalue weighted by Gasteiger charge is -1.98. The van der Waals surface area contributed by atoms with Gasteiger partial charge in [0.2, 0.25) is 0 Å². The van der Waals surface area contributed by atoms with Crippen LogP contribution in [0.3, 0.4) is 0 Å². The maximum Gasteiger partial charge on any atom is 0.271 e. The van der Waals surface area contributed by atoms with E-state index in [0.29, 0.717) is 0 Å². The third-order valence-corrected chi connectivity index (χ3v) is 2.92. The van der Waals surface area contributed by atoms with Gasteiger partial charge in [0.05, 0.1) is 4.90 Å². The van der Waals surface area contributed by atoms with Crippen molar-refractivity contribution < 1.29 is 8.42 Å². The van der Waals surface area contributed by atoms with Crippen LogP contribution in [-0.4, -0.2) is 8.42 Å². The molecule has 0 heterocycles. The van der Waals surface area contributed by atoms with Crippen LogP contribution in [0.4, 0.5) is 0 Å². The van der Waals surface area contributed by atoms with E-state index in [-0.39, 0.29) is 4.90 Å². The molecule has 65 valence electrons. The zero-order valence-corrected chi connectivity index (χ0v) is 8.34. The molecule has 1 aromatic rings. The van der Waals surface area contributed by atoms with Crippen LogP contribution in [0.1, 0.15) is 0 Å². The first-order valence-corrected chi connectivity index (χ1v) is 5.22. The van der Waals surface area contributed by atoms with Crippen molar-refractivity contribution in [3.05, 3.63) is 28.7 Å². The van der Waals surface area contributed by atoms with E-state index >= 15 is 0 Å². The summed E-state index contributed by atoms with van der Waals surface area (Å²) in [5, 5.41) is 0. The summed E-state index contributed by atoms with van der Waals surface area (Å²) in [6.07, 6.45) is 0. The standard InChI is InChI=1S/C6H6BrN2O2S/c7-5-1-3-6(4-2-5)12(10,11)9-8/h1-4H,8H2. The quantitative estimate of drug-likeness (QED) is 0.617. The highest BCUT2D eigenvalue weighted by molar-refractivity contribution is 9.10. The Balaban J connectivity index is 3.14. The molecule has 4 nitrogen and oxygen atoms in total. The molecule has 0 saturated heterocycles. The first kappa shape index (κ1) is 9.66. The largest absolute Gasteiger partial charge is 0.271 e. The average molecular weight is 250 g/mol. The lowest BCUT2D eigenvalue weighted by Crippen LogP contribution is -2.22. The van der Waals surface area contributed by atoms with Gasteiger partial charge in [-0.05, 0) is 29.1 Å². The van der Waals surface area contributed by atoms with E-state index in [1.54, 1.807) is 12.1 Å². The molecule has 0 atom stereocenters. The molecule has 12 heavy (non-hydrogen) atoms. The van der Waals surface area contributed by atoms with Gasteiger partial charge in [0.25, 0.3) is 10.0 Å². The summed E-state index contributed by atoms with van der Waals surface area (Å²) < 4.78 is 22.8. The lowest BCUT2D eigenvalue weighted by molar-refractivity contribution is 0.583. The topological polar surface area (TPSA) is 74.3 Å². The third kappa shape index (κ3) is 2.04. The average Bonchev–Trinajstić information content (AvgIpc) is 2.05. The Morgan fingerprint density at radius 2 is 1.75 bits per heavy atom. The van der Waals surface area contributed by atoms with Gasteiger partial charge in [-0.3, -0.25) is 0 Å². The second kappa shape index (κ2) is 3.53.